The lowest BCUT2D eigenvalue weighted by molar-refractivity contribution is 0.0530. The van der Waals surface area contributed by atoms with Gasteiger partial charge in [0.2, 0.25) is 0 Å². The summed E-state index contributed by atoms with van der Waals surface area (Å²) in [5.74, 6) is -1.20. The van der Waals surface area contributed by atoms with Crippen LogP contribution in [0.25, 0.3) is 0 Å². The molecule has 1 N–H and O–H groups in total. The Morgan fingerprint density at radius 2 is 2.12 bits per heavy atom. The maximum Gasteiger partial charge on any atom is 0.194 e. The number of carbonyl (C=O) groups is 1. The molecule has 1 atom stereocenters. The van der Waals surface area contributed by atoms with Crippen LogP contribution >= 0.6 is 0 Å². The van der Waals surface area contributed by atoms with Crippen molar-refractivity contribution in [3.8, 4) is 0 Å². The van der Waals surface area contributed by atoms with E-state index >= 15 is 0 Å². The number of aliphatic hydroxyl groups is 1. The van der Waals surface area contributed by atoms with Crippen molar-refractivity contribution in [1.29, 1.82) is 0 Å². The van der Waals surface area contributed by atoms with Gasteiger partial charge in [0, 0.05) is 6.20 Å². The molecule has 0 saturated heterocycles. The number of hydrogen-bond acceptors (Lipinski definition) is 3. The van der Waals surface area contributed by atoms with Crippen LogP contribution in [0, 0.1) is 11.7 Å². The molecule has 0 bridgehead atoms. The monoisotopic (exact) mass is 237 g/mol. The average Bonchev–Trinajstić information content (AvgIpc) is 2.39. The first-order chi connectivity index (χ1) is 8.20. The van der Waals surface area contributed by atoms with Gasteiger partial charge >= 0.3 is 0 Å². The second-order valence-electron chi connectivity index (χ2n) is 4.56. The minimum absolute atomic E-state index is 0.0242. The van der Waals surface area contributed by atoms with Crippen LogP contribution in [0.4, 0.5) is 4.39 Å². The summed E-state index contributed by atoms with van der Waals surface area (Å²) in [7, 11) is 0. The number of ketones is 1. The molecule has 1 unspecified atom stereocenters. The van der Waals surface area contributed by atoms with E-state index in [1.54, 1.807) is 0 Å². The van der Waals surface area contributed by atoms with Gasteiger partial charge in [-0.1, -0.05) is 19.3 Å². The van der Waals surface area contributed by atoms with Crippen LogP contribution in [0.5, 0.6) is 0 Å². The number of hydrogen-bond donors (Lipinski definition) is 1. The molecule has 1 aliphatic rings. The predicted octanol–water partition coefficient (Wildman–Crippen LogP) is 2.34. The first-order valence-corrected chi connectivity index (χ1v) is 6.02. The maximum absolute atomic E-state index is 13.4. The normalized spacial score (nSPS) is 18.9. The summed E-state index contributed by atoms with van der Waals surface area (Å²) in [4.78, 5) is 15.5. The van der Waals surface area contributed by atoms with Crippen molar-refractivity contribution in [2.24, 2.45) is 5.92 Å². The molecular weight excluding hydrogens is 221 g/mol. The lowest BCUT2D eigenvalue weighted by Crippen LogP contribution is -2.31. The van der Waals surface area contributed by atoms with Crippen molar-refractivity contribution in [3.63, 3.8) is 0 Å². The highest BCUT2D eigenvalue weighted by Crippen LogP contribution is 2.28. The van der Waals surface area contributed by atoms with Gasteiger partial charge in [-0.2, -0.15) is 0 Å². The van der Waals surface area contributed by atoms with E-state index in [2.05, 4.69) is 4.98 Å². The SMILES string of the molecule is O=C(c1ccncc1F)C(O)C1CCCCC1. The van der Waals surface area contributed by atoms with Crippen LogP contribution in [0.15, 0.2) is 18.5 Å². The molecule has 1 aromatic rings. The van der Waals surface area contributed by atoms with Crippen LogP contribution in [0.3, 0.4) is 0 Å². The third-order valence-electron chi connectivity index (χ3n) is 3.40. The number of aliphatic hydroxyl groups excluding tert-OH is 1. The van der Waals surface area contributed by atoms with Crippen molar-refractivity contribution >= 4 is 5.78 Å². The lowest BCUT2D eigenvalue weighted by atomic mass is 9.83. The van der Waals surface area contributed by atoms with E-state index in [4.69, 9.17) is 0 Å². The lowest BCUT2D eigenvalue weighted by Gasteiger charge is -2.25. The Balaban J connectivity index is 2.11. The molecule has 4 heteroatoms. The molecule has 1 heterocycles. The zero-order valence-electron chi connectivity index (χ0n) is 9.60. The van der Waals surface area contributed by atoms with Crippen molar-refractivity contribution in [1.82, 2.24) is 4.98 Å². The largest absolute Gasteiger partial charge is 0.385 e. The van der Waals surface area contributed by atoms with E-state index in [0.29, 0.717) is 0 Å². The molecule has 1 saturated carbocycles. The minimum Gasteiger partial charge on any atom is -0.385 e. The maximum atomic E-state index is 13.4. The highest BCUT2D eigenvalue weighted by Gasteiger charge is 2.29. The van der Waals surface area contributed by atoms with Gasteiger partial charge < -0.3 is 5.11 Å². The molecular formula is C13H16FNO2. The van der Waals surface area contributed by atoms with E-state index in [1.165, 1.54) is 12.3 Å². The van der Waals surface area contributed by atoms with Crippen LogP contribution in [-0.4, -0.2) is 22.0 Å². The average molecular weight is 237 g/mol. The van der Waals surface area contributed by atoms with Crippen molar-refractivity contribution < 1.29 is 14.3 Å². The van der Waals surface area contributed by atoms with Gasteiger partial charge in [0.15, 0.2) is 11.6 Å². The van der Waals surface area contributed by atoms with Gasteiger partial charge in [0.05, 0.1) is 11.8 Å². The second kappa shape index (κ2) is 5.36. The van der Waals surface area contributed by atoms with Crippen LogP contribution < -0.4 is 0 Å². The summed E-state index contributed by atoms with van der Waals surface area (Å²) >= 11 is 0. The Morgan fingerprint density at radius 3 is 2.76 bits per heavy atom. The molecule has 0 radical (unpaired) electrons. The summed E-state index contributed by atoms with van der Waals surface area (Å²) in [5.41, 5.74) is -0.0573. The first kappa shape index (κ1) is 12.2. The van der Waals surface area contributed by atoms with Crippen molar-refractivity contribution in [2.75, 3.05) is 0 Å². The molecule has 0 amide bonds. The summed E-state index contributed by atoms with van der Waals surface area (Å²) < 4.78 is 13.4. The Bertz CT molecular complexity index is 402. The van der Waals surface area contributed by atoms with Gasteiger partial charge in [-0.3, -0.25) is 9.78 Å². The number of carbonyl (C=O) groups excluding carboxylic acids is 1. The van der Waals surface area contributed by atoms with Crippen molar-refractivity contribution in [3.05, 3.63) is 29.8 Å². The predicted molar refractivity (Wildman–Crippen MR) is 61.1 cm³/mol. The van der Waals surface area contributed by atoms with E-state index in [9.17, 15) is 14.3 Å². The van der Waals surface area contributed by atoms with E-state index in [1.807, 2.05) is 0 Å². The fraction of sp³-hybridized carbons (Fsp3) is 0.538. The third kappa shape index (κ3) is 2.69. The van der Waals surface area contributed by atoms with Gasteiger partial charge in [0.25, 0.3) is 0 Å². The Labute approximate surface area is 99.7 Å². The smallest absolute Gasteiger partial charge is 0.194 e. The summed E-state index contributed by atoms with van der Waals surface area (Å²) in [6.45, 7) is 0. The van der Waals surface area contributed by atoms with E-state index < -0.39 is 17.7 Å². The molecule has 17 heavy (non-hydrogen) atoms. The highest BCUT2D eigenvalue weighted by atomic mass is 19.1. The van der Waals surface area contributed by atoms with Crippen LogP contribution in [-0.2, 0) is 0 Å². The van der Waals surface area contributed by atoms with Crippen molar-refractivity contribution in [2.45, 2.75) is 38.2 Å². The van der Waals surface area contributed by atoms with E-state index in [0.717, 1.165) is 38.3 Å². The Kier molecular flexibility index (Phi) is 3.84. The molecule has 3 nitrogen and oxygen atoms in total. The number of Topliss-reactive ketones (excluding diaryl/α,β-unsaturated/α-hetero) is 1. The highest BCUT2D eigenvalue weighted by molar-refractivity contribution is 5.99. The molecule has 0 aliphatic heterocycles. The van der Waals surface area contributed by atoms with Crippen LogP contribution in [0.2, 0.25) is 0 Å². The molecule has 1 aromatic heterocycles. The number of halogens is 1. The number of aromatic nitrogens is 1. The van der Waals surface area contributed by atoms with Gasteiger partial charge in [-0.25, -0.2) is 4.39 Å². The molecule has 2 rings (SSSR count). The number of nitrogens with zero attached hydrogens (tertiary/aromatic N) is 1. The molecule has 1 fully saturated rings. The Morgan fingerprint density at radius 1 is 1.41 bits per heavy atom. The second-order valence-corrected chi connectivity index (χ2v) is 4.56. The standard InChI is InChI=1S/C13H16FNO2/c14-11-8-15-7-6-10(11)13(17)12(16)9-4-2-1-3-5-9/h6-9,12,16H,1-5H2. The fourth-order valence-corrected chi connectivity index (χ4v) is 2.40. The third-order valence-corrected chi connectivity index (χ3v) is 3.40. The molecule has 1 aliphatic carbocycles. The fourth-order valence-electron chi connectivity index (χ4n) is 2.40. The zero-order valence-corrected chi connectivity index (χ0v) is 9.60. The van der Waals surface area contributed by atoms with Gasteiger partial charge in [-0.15, -0.1) is 0 Å². The van der Waals surface area contributed by atoms with Gasteiger partial charge in [0.1, 0.15) is 6.10 Å². The zero-order chi connectivity index (χ0) is 12.3. The molecule has 92 valence electrons. The quantitative estimate of drug-likeness (QED) is 0.821. The Hall–Kier alpha value is -1.29. The molecule has 0 spiro atoms. The first-order valence-electron chi connectivity index (χ1n) is 6.02. The number of rotatable bonds is 3. The van der Waals surface area contributed by atoms with Crippen LogP contribution in [0.1, 0.15) is 42.5 Å². The number of pyridine rings is 1. The van der Waals surface area contributed by atoms with Gasteiger partial charge in [-0.05, 0) is 24.8 Å². The summed E-state index contributed by atoms with van der Waals surface area (Å²) in [6, 6.07) is 1.32. The summed E-state index contributed by atoms with van der Waals surface area (Å²) in [6.07, 6.45) is 6.21. The topological polar surface area (TPSA) is 50.2 Å². The summed E-state index contributed by atoms with van der Waals surface area (Å²) in [5, 5.41) is 9.98. The molecule has 0 aromatic carbocycles. The minimum atomic E-state index is -1.08. The van der Waals surface area contributed by atoms with E-state index in [-0.39, 0.29) is 11.5 Å².